The molecule has 0 aliphatic carbocycles. The van der Waals surface area contributed by atoms with Gasteiger partial charge in [0, 0.05) is 37.5 Å². The van der Waals surface area contributed by atoms with Gasteiger partial charge in [0.1, 0.15) is 0 Å². The lowest BCUT2D eigenvalue weighted by molar-refractivity contribution is -0.0431. The number of ether oxygens (including phenoxy) is 2. The van der Waals surface area contributed by atoms with Gasteiger partial charge in [-0.15, -0.1) is 0 Å². The van der Waals surface area contributed by atoms with Gasteiger partial charge in [-0.05, 0) is 37.6 Å². The lowest BCUT2D eigenvalue weighted by Crippen LogP contribution is -2.29. The van der Waals surface area contributed by atoms with Gasteiger partial charge in [0.2, 0.25) is 5.79 Å². The van der Waals surface area contributed by atoms with E-state index in [4.69, 9.17) is 26.8 Å². The minimum atomic E-state index is -0.619. The molecule has 0 radical (unpaired) electrons. The van der Waals surface area contributed by atoms with E-state index < -0.39 is 5.79 Å². The summed E-state index contributed by atoms with van der Waals surface area (Å²) < 4.78 is 11.5. The van der Waals surface area contributed by atoms with Gasteiger partial charge in [-0.1, -0.05) is 11.6 Å². The van der Waals surface area contributed by atoms with Gasteiger partial charge in [0.05, 0.1) is 0 Å². The lowest BCUT2D eigenvalue weighted by Gasteiger charge is -2.21. The summed E-state index contributed by atoms with van der Waals surface area (Å²) in [6.07, 6.45) is 1.04. The summed E-state index contributed by atoms with van der Waals surface area (Å²) in [4.78, 5) is 2.31. The summed E-state index contributed by atoms with van der Waals surface area (Å²) in [5.74, 6) is 1.41. The number of likely N-dealkylation sites (tertiary alicyclic amines) is 1. The van der Waals surface area contributed by atoms with Crippen molar-refractivity contribution in [3.63, 3.8) is 0 Å². The standard InChI is InChI=1S/C15H21ClN2O2/c1-15(2)19-13-5-10(11(16)6-14(13)20-15)12-4-9(7-17)8-18(12)3/h5-6,9,12H,4,7-8,17H2,1-3H3. The number of rotatable bonds is 2. The van der Waals surface area contributed by atoms with Crippen molar-refractivity contribution in [3.05, 3.63) is 22.7 Å². The number of halogens is 1. The molecule has 2 aliphatic rings. The zero-order chi connectivity index (χ0) is 14.5. The molecule has 3 rings (SSSR count). The fourth-order valence-corrected chi connectivity index (χ4v) is 3.44. The smallest absolute Gasteiger partial charge is 0.246 e. The van der Waals surface area contributed by atoms with Crippen LogP contribution in [0.1, 0.15) is 31.9 Å². The van der Waals surface area contributed by atoms with Crippen LogP contribution in [0.25, 0.3) is 0 Å². The third kappa shape index (κ3) is 2.36. The number of hydrogen-bond donors (Lipinski definition) is 1. The van der Waals surface area contributed by atoms with Gasteiger partial charge in [-0.25, -0.2) is 0 Å². The molecule has 2 unspecified atom stereocenters. The van der Waals surface area contributed by atoms with Crippen LogP contribution in [0, 0.1) is 5.92 Å². The van der Waals surface area contributed by atoms with Crippen molar-refractivity contribution in [1.29, 1.82) is 0 Å². The van der Waals surface area contributed by atoms with Gasteiger partial charge >= 0.3 is 0 Å². The van der Waals surface area contributed by atoms with Gasteiger partial charge < -0.3 is 15.2 Å². The second-order valence-corrected chi connectivity index (χ2v) is 6.62. The normalized spacial score (nSPS) is 28.1. The Balaban J connectivity index is 1.93. The van der Waals surface area contributed by atoms with Crippen LogP contribution in [-0.2, 0) is 0 Å². The Morgan fingerprint density at radius 1 is 1.35 bits per heavy atom. The number of hydrogen-bond acceptors (Lipinski definition) is 4. The van der Waals surface area contributed by atoms with E-state index in [9.17, 15) is 0 Å². The zero-order valence-corrected chi connectivity index (χ0v) is 12.9. The highest BCUT2D eigenvalue weighted by atomic mass is 35.5. The largest absolute Gasteiger partial charge is 0.449 e. The van der Waals surface area contributed by atoms with Gasteiger partial charge in [0.15, 0.2) is 11.5 Å². The second-order valence-electron chi connectivity index (χ2n) is 6.22. The van der Waals surface area contributed by atoms with E-state index >= 15 is 0 Å². The fourth-order valence-electron chi connectivity index (χ4n) is 3.16. The molecule has 1 saturated heterocycles. The van der Waals surface area contributed by atoms with Gasteiger partial charge in [0.25, 0.3) is 0 Å². The first-order chi connectivity index (χ1) is 9.39. The van der Waals surface area contributed by atoms with Crippen molar-refractivity contribution >= 4 is 11.6 Å². The van der Waals surface area contributed by atoms with Crippen molar-refractivity contribution in [2.45, 2.75) is 32.1 Å². The van der Waals surface area contributed by atoms with Crippen LogP contribution in [0.3, 0.4) is 0 Å². The highest BCUT2D eigenvalue weighted by Crippen LogP contribution is 2.46. The molecule has 2 N–H and O–H groups in total. The maximum absolute atomic E-state index is 6.44. The van der Waals surface area contributed by atoms with Crippen LogP contribution < -0.4 is 15.2 Å². The van der Waals surface area contributed by atoms with Crippen LogP contribution in [0.4, 0.5) is 0 Å². The van der Waals surface area contributed by atoms with Crippen molar-refractivity contribution < 1.29 is 9.47 Å². The average Bonchev–Trinajstić information content (AvgIpc) is 2.86. The molecular formula is C15H21ClN2O2. The molecule has 0 spiro atoms. The molecular weight excluding hydrogens is 276 g/mol. The predicted octanol–water partition coefficient (Wildman–Crippen LogP) is 2.80. The number of fused-ring (bicyclic) bond motifs is 1. The lowest BCUT2D eigenvalue weighted by atomic mass is 9.99. The molecule has 0 aromatic heterocycles. The summed E-state index contributed by atoms with van der Waals surface area (Å²) in [5.41, 5.74) is 6.90. The quantitative estimate of drug-likeness (QED) is 0.912. The Labute approximate surface area is 124 Å². The maximum Gasteiger partial charge on any atom is 0.246 e. The van der Waals surface area contributed by atoms with Gasteiger partial charge in [-0.2, -0.15) is 0 Å². The van der Waals surface area contributed by atoms with Gasteiger partial charge in [-0.3, -0.25) is 4.90 Å². The third-order valence-electron chi connectivity index (χ3n) is 4.10. The topological polar surface area (TPSA) is 47.7 Å². The van der Waals surface area contributed by atoms with E-state index in [2.05, 4.69) is 11.9 Å². The van der Waals surface area contributed by atoms with E-state index in [-0.39, 0.29) is 0 Å². The highest BCUT2D eigenvalue weighted by Gasteiger charge is 2.36. The van der Waals surface area contributed by atoms with Crippen LogP contribution in [0.2, 0.25) is 5.02 Å². The summed E-state index contributed by atoms with van der Waals surface area (Å²) >= 11 is 6.44. The summed E-state index contributed by atoms with van der Waals surface area (Å²) in [6.45, 7) is 5.52. The first-order valence-electron chi connectivity index (χ1n) is 7.01. The molecule has 2 heterocycles. The number of nitrogens with zero attached hydrogens (tertiary/aromatic N) is 1. The van der Waals surface area contributed by atoms with Crippen molar-refractivity contribution in [2.75, 3.05) is 20.1 Å². The Morgan fingerprint density at radius 2 is 2.00 bits per heavy atom. The zero-order valence-electron chi connectivity index (χ0n) is 12.1. The molecule has 0 bridgehead atoms. The Bertz CT molecular complexity index is 533. The second kappa shape index (κ2) is 4.79. The summed E-state index contributed by atoms with van der Waals surface area (Å²) in [6, 6.07) is 4.19. The van der Waals surface area contributed by atoms with E-state index in [1.807, 2.05) is 26.0 Å². The van der Waals surface area contributed by atoms with E-state index in [1.165, 1.54) is 0 Å². The molecule has 1 fully saturated rings. The SMILES string of the molecule is CN1CC(CN)CC1c1cc2c(cc1Cl)OC(C)(C)O2. The summed E-state index contributed by atoms with van der Waals surface area (Å²) in [7, 11) is 2.12. The summed E-state index contributed by atoms with van der Waals surface area (Å²) in [5, 5.41) is 0.736. The fraction of sp³-hybridized carbons (Fsp3) is 0.600. The van der Waals surface area contributed by atoms with Crippen molar-refractivity contribution in [3.8, 4) is 11.5 Å². The molecule has 2 aliphatic heterocycles. The Morgan fingerprint density at radius 3 is 2.60 bits per heavy atom. The Hall–Kier alpha value is -0.970. The highest BCUT2D eigenvalue weighted by molar-refractivity contribution is 6.31. The monoisotopic (exact) mass is 296 g/mol. The van der Waals surface area contributed by atoms with E-state index in [0.29, 0.717) is 12.0 Å². The average molecular weight is 297 g/mol. The van der Waals surface area contributed by atoms with Crippen LogP contribution in [0.5, 0.6) is 11.5 Å². The first-order valence-corrected chi connectivity index (χ1v) is 7.39. The molecule has 0 saturated carbocycles. The molecule has 1 aromatic carbocycles. The maximum atomic E-state index is 6.44. The number of nitrogens with two attached hydrogens (primary N) is 1. The predicted molar refractivity (Wildman–Crippen MR) is 79.3 cm³/mol. The molecule has 0 amide bonds. The van der Waals surface area contributed by atoms with Crippen molar-refractivity contribution in [1.82, 2.24) is 4.90 Å². The minimum absolute atomic E-state index is 0.300. The molecule has 20 heavy (non-hydrogen) atoms. The van der Waals surface area contributed by atoms with Crippen LogP contribution in [-0.4, -0.2) is 30.8 Å². The first kappa shape index (κ1) is 14.0. The molecule has 4 nitrogen and oxygen atoms in total. The molecule has 2 atom stereocenters. The minimum Gasteiger partial charge on any atom is -0.449 e. The van der Waals surface area contributed by atoms with Crippen LogP contribution in [0.15, 0.2) is 12.1 Å². The molecule has 5 heteroatoms. The molecule has 110 valence electrons. The number of benzene rings is 1. The van der Waals surface area contributed by atoms with E-state index in [0.717, 1.165) is 41.6 Å². The third-order valence-corrected chi connectivity index (χ3v) is 4.43. The van der Waals surface area contributed by atoms with Crippen molar-refractivity contribution in [2.24, 2.45) is 11.7 Å². The molecule has 1 aromatic rings. The van der Waals surface area contributed by atoms with E-state index in [1.54, 1.807) is 0 Å². The Kier molecular flexibility index (Phi) is 3.35. The van der Waals surface area contributed by atoms with Crippen LogP contribution >= 0.6 is 11.6 Å².